The average Bonchev–Trinajstić information content (AvgIpc) is 2.99. The molecule has 2 N–H and O–H groups in total. The van der Waals surface area contributed by atoms with Gasteiger partial charge in [-0.25, -0.2) is 9.67 Å². The molecule has 1 heterocycles. The monoisotopic (exact) mass is 288 g/mol. The molecule has 0 aliphatic heterocycles. The summed E-state index contributed by atoms with van der Waals surface area (Å²) >= 11 is 0. The summed E-state index contributed by atoms with van der Waals surface area (Å²) in [6, 6.07) is 7.15. The summed E-state index contributed by atoms with van der Waals surface area (Å²) in [5, 5.41) is 15.9. The number of nitrogens with zero attached hydrogens (tertiary/aromatic N) is 3. The smallest absolute Gasteiger partial charge is 0.251 e. The lowest BCUT2D eigenvalue weighted by atomic mass is 9.89. The first-order valence-corrected chi connectivity index (χ1v) is 6.86. The molecule has 0 spiro atoms. The van der Waals surface area contributed by atoms with Gasteiger partial charge in [-0.3, -0.25) is 4.79 Å². The molecule has 6 nitrogen and oxygen atoms in total. The van der Waals surface area contributed by atoms with Crippen molar-refractivity contribution < 1.29 is 9.90 Å². The fourth-order valence-corrected chi connectivity index (χ4v) is 1.92. The maximum absolute atomic E-state index is 12.1. The molecule has 0 fully saturated rings. The molecule has 0 unspecified atom stereocenters. The van der Waals surface area contributed by atoms with Crippen molar-refractivity contribution in [2.24, 2.45) is 5.41 Å². The van der Waals surface area contributed by atoms with E-state index in [1.165, 1.54) is 6.33 Å². The average molecular weight is 288 g/mol. The summed E-state index contributed by atoms with van der Waals surface area (Å²) < 4.78 is 1.63. The predicted octanol–water partition coefficient (Wildman–Crippen LogP) is 1.41. The number of carbonyl (C=O) groups excluding carboxylic acids is 1. The van der Waals surface area contributed by atoms with E-state index >= 15 is 0 Å². The van der Waals surface area contributed by atoms with E-state index in [4.69, 9.17) is 5.11 Å². The second-order valence-electron chi connectivity index (χ2n) is 5.71. The van der Waals surface area contributed by atoms with Crippen molar-refractivity contribution in [3.8, 4) is 5.69 Å². The maximum Gasteiger partial charge on any atom is 0.251 e. The van der Waals surface area contributed by atoms with E-state index in [0.717, 1.165) is 5.69 Å². The van der Waals surface area contributed by atoms with E-state index in [0.29, 0.717) is 18.5 Å². The second-order valence-corrected chi connectivity index (χ2v) is 5.71. The number of aromatic nitrogens is 3. The lowest BCUT2D eigenvalue weighted by Gasteiger charge is -2.23. The molecule has 0 bridgehead atoms. The Kier molecular flexibility index (Phi) is 4.70. The molecule has 0 atom stereocenters. The number of nitrogens with one attached hydrogen (secondary N) is 1. The minimum atomic E-state index is -0.120. The minimum absolute atomic E-state index is 0.119. The van der Waals surface area contributed by atoms with Crippen LogP contribution in [0.3, 0.4) is 0 Å². The first kappa shape index (κ1) is 15.2. The summed E-state index contributed by atoms with van der Waals surface area (Å²) in [7, 11) is 0. The van der Waals surface area contributed by atoms with Gasteiger partial charge in [-0.1, -0.05) is 13.8 Å². The summed E-state index contributed by atoms with van der Waals surface area (Å²) in [4.78, 5) is 16.0. The van der Waals surface area contributed by atoms with Gasteiger partial charge in [0.2, 0.25) is 0 Å². The molecular formula is C15H20N4O2. The largest absolute Gasteiger partial charge is 0.396 e. The Hall–Kier alpha value is -2.21. The Labute approximate surface area is 123 Å². The minimum Gasteiger partial charge on any atom is -0.396 e. The van der Waals surface area contributed by atoms with Crippen molar-refractivity contribution in [3.63, 3.8) is 0 Å². The van der Waals surface area contributed by atoms with E-state index in [1.54, 1.807) is 23.1 Å². The van der Waals surface area contributed by atoms with Gasteiger partial charge in [-0.05, 0) is 36.1 Å². The van der Waals surface area contributed by atoms with Crippen LogP contribution < -0.4 is 5.32 Å². The van der Waals surface area contributed by atoms with Gasteiger partial charge in [0.1, 0.15) is 12.7 Å². The molecule has 0 saturated carbocycles. The third kappa shape index (κ3) is 4.13. The zero-order valence-electron chi connectivity index (χ0n) is 12.3. The van der Waals surface area contributed by atoms with E-state index in [1.807, 2.05) is 26.0 Å². The molecule has 1 aromatic carbocycles. The number of hydrogen-bond acceptors (Lipinski definition) is 4. The number of amides is 1. The lowest BCUT2D eigenvalue weighted by Crippen LogP contribution is -2.34. The van der Waals surface area contributed by atoms with Crippen molar-refractivity contribution in [2.45, 2.75) is 20.3 Å². The van der Waals surface area contributed by atoms with E-state index in [-0.39, 0.29) is 17.9 Å². The Morgan fingerprint density at radius 2 is 2.05 bits per heavy atom. The highest BCUT2D eigenvalue weighted by Crippen LogP contribution is 2.18. The van der Waals surface area contributed by atoms with Crippen LogP contribution in [0.4, 0.5) is 0 Å². The van der Waals surface area contributed by atoms with Crippen LogP contribution in [0.2, 0.25) is 0 Å². The van der Waals surface area contributed by atoms with E-state index in [9.17, 15) is 4.79 Å². The Balaban J connectivity index is 1.97. The van der Waals surface area contributed by atoms with Gasteiger partial charge in [-0.15, -0.1) is 0 Å². The molecule has 0 aliphatic carbocycles. The summed E-state index contributed by atoms with van der Waals surface area (Å²) in [5.41, 5.74) is 1.33. The number of aliphatic hydroxyl groups is 1. The standard InChI is InChI=1S/C15H20N4O2/c1-15(2,7-8-20)9-17-14(21)12-3-5-13(6-4-12)19-11-16-10-18-19/h3-6,10-11,20H,7-9H2,1-2H3,(H,17,21). The second kappa shape index (κ2) is 6.49. The van der Waals surface area contributed by atoms with Crippen LogP contribution >= 0.6 is 0 Å². The first-order chi connectivity index (χ1) is 10.0. The molecule has 2 aromatic rings. The van der Waals surface area contributed by atoms with Crippen LogP contribution in [-0.4, -0.2) is 38.9 Å². The predicted molar refractivity (Wildman–Crippen MR) is 79.2 cm³/mol. The molecule has 0 saturated heterocycles. The fraction of sp³-hybridized carbons (Fsp3) is 0.400. The molecule has 1 aromatic heterocycles. The molecule has 0 aliphatic rings. The molecule has 2 rings (SSSR count). The topological polar surface area (TPSA) is 80.0 Å². The Bertz CT molecular complexity index is 576. The van der Waals surface area contributed by atoms with Crippen molar-refractivity contribution in [2.75, 3.05) is 13.2 Å². The van der Waals surface area contributed by atoms with Crippen molar-refractivity contribution in [3.05, 3.63) is 42.5 Å². The van der Waals surface area contributed by atoms with Gasteiger partial charge in [0.15, 0.2) is 0 Å². The first-order valence-electron chi connectivity index (χ1n) is 6.86. The summed E-state index contributed by atoms with van der Waals surface area (Å²) in [6.45, 7) is 4.67. The van der Waals surface area contributed by atoms with Gasteiger partial charge in [0, 0.05) is 18.7 Å². The highest BCUT2D eigenvalue weighted by Gasteiger charge is 2.18. The van der Waals surface area contributed by atoms with Gasteiger partial charge < -0.3 is 10.4 Å². The Morgan fingerprint density at radius 1 is 1.33 bits per heavy atom. The van der Waals surface area contributed by atoms with Crippen LogP contribution in [0.25, 0.3) is 5.69 Å². The highest BCUT2D eigenvalue weighted by atomic mass is 16.3. The molecule has 21 heavy (non-hydrogen) atoms. The molecule has 1 amide bonds. The zero-order valence-corrected chi connectivity index (χ0v) is 12.3. The van der Waals surface area contributed by atoms with Crippen LogP contribution in [0.5, 0.6) is 0 Å². The van der Waals surface area contributed by atoms with Crippen molar-refractivity contribution >= 4 is 5.91 Å². The molecule has 0 radical (unpaired) electrons. The van der Waals surface area contributed by atoms with Gasteiger partial charge >= 0.3 is 0 Å². The van der Waals surface area contributed by atoms with Gasteiger partial charge in [0.25, 0.3) is 5.91 Å². The highest BCUT2D eigenvalue weighted by molar-refractivity contribution is 5.94. The number of aliphatic hydroxyl groups excluding tert-OH is 1. The van der Waals surface area contributed by atoms with E-state index in [2.05, 4.69) is 15.4 Å². The third-order valence-electron chi connectivity index (χ3n) is 3.33. The quantitative estimate of drug-likeness (QED) is 0.842. The fourth-order valence-electron chi connectivity index (χ4n) is 1.92. The number of hydrogen-bond donors (Lipinski definition) is 2. The maximum atomic E-state index is 12.1. The third-order valence-corrected chi connectivity index (χ3v) is 3.33. The van der Waals surface area contributed by atoms with Crippen molar-refractivity contribution in [1.29, 1.82) is 0 Å². The number of rotatable bonds is 6. The van der Waals surface area contributed by atoms with Gasteiger partial charge in [0.05, 0.1) is 5.69 Å². The number of benzene rings is 1. The summed E-state index contributed by atoms with van der Waals surface area (Å²) in [5.74, 6) is -0.119. The van der Waals surface area contributed by atoms with Gasteiger partial charge in [-0.2, -0.15) is 5.10 Å². The van der Waals surface area contributed by atoms with Crippen LogP contribution in [-0.2, 0) is 0 Å². The molecule has 6 heteroatoms. The number of carbonyl (C=O) groups is 1. The Morgan fingerprint density at radius 3 is 2.62 bits per heavy atom. The zero-order chi connectivity index (χ0) is 15.3. The van der Waals surface area contributed by atoms with Crippen LogP contribution in [0.1, 0.15) is 30.6 Å². The molecular weight excluding hydrogens is 268 g/mol. The van der Waals surface area contributed by atoms with Crippen molar-refractivity contribution in [1.82, 2.24) is 20.1 Å². The lowest BCUT2D eigenvalue weighted by molar-refractivity contribution is 0.0928. The van der Waals surface area contributed by atoms with E-state index < -0.39 is 0 Å². The molecule has 112 valence electrons. The summed E-state index contributed by atoms with van der Waals surface area (Å²) in [6.07, 6.45) is 3.72. The normalized spacial score (nSPS) is 11.4. The van der Waals surface area contributed by atoms with Crippen LogP contribution in [0.15, 0.2) is 36.9 Å². The van der Waals surface area contributed by atoms with Crippen LogP contribution in [0, 0.1) is 5.41 Å². The SMILES string of the molecule is CC(C)(CCO)CNC(=O)c1ccc(-n2cncn2)cc1.